The van der Waals surface area contributed by atoms with Crippen LogP contribution < -0.4 is 0 Å². The normalized spacial score (nSPS) is 12.4. The van der Waals surface area contributed by atoms with Gasteiger partial charge >= 0.3 is 0 Å². The van der Waals surface area contributed by atoms with Crippen LogP contribution in [0.4, 0.5) is 5.69 Å². The summed E-state index contributed by atoms with van der Waals surface area (Å²) in [5.74, 6) is 0. The SMILES string of the molecule is CC(CO)Sc1ccc([N+](=O)[O-])cn1. The molecular weight excluding hydrogens is 204 g/mol. The van der Waals surface area contributed by atoms with Gasteiger partial charge in [-0.15, -0.1) is 11.8 Å². The molecule has 76 valence electrons. The van der Waals surface area contributed by atoms with Gasteiger partial charge in [-0.05, 0) is 6.07 Å². The van der Waals surface area contributed by atoms with E-state index in [0.29, 0.717) is 5.03 Å². The van der Waals surface area contributed by atoms with Crippen LogP contribution in [0.1, 0.15) is 6.92 Å². The number of hydrogen-bond acceptors (Lipinski definition) is 5. The second-order valence-corrected chi connectivity index (χ2v) is 4.18. The van der Waals surface area contributed by atoms with Crippen LogP contribution in [-0.2, 0) is 0 Å². The topological polar surface area (TPSA) is 76.3 Å². The second kappa shape index (κ2) is 4.92. The molecule has 0 aliphatic rings. The summed E-state index contributed by atoms with van der Waals surface area (Å²) in [4.78, 5) is 13.7. The monoisotopic (exact) mass is 214 g/mol. The van der Waals surface area contributed by atoms with Crippen LogP contribution in [0.15, 0.2) is 23.4 Å². The Labute approximate surface area is 85.3 Å². The third-order valence-electron chi connectivity index (χ3n) is 1.51. The van der Waals surface area contributed by atoms with E-state index in [2.05, 4.69) is 4.98 Å². The molecule has 0 spiro atoms. The van der Waals surface area contributed by atoms with Crippen LogP contribution in [-0.4, -0.2) is 26.9 Å². The molecule has 1 aromatic rings. The van der Waals surface area contributed by atoms with Crippen molar-refractivity contribution in [2.45, 2.75) is 17.2 Å². The maximum Gasteiger partial charge on any atom is 0.287 e. The van der Waals surface area contributed by atoms with Crippen LogP contribution in [0.2, 0.25) is 0 Å². The molecule has 1 unspecified atom stereocenters. The lowest BCUT2D eigenvalue weighted by atomic mass is 10.4. The van der Waals surface area contributed by atoms with Crippen molar-refractivity contribution in [2.75, 3.05) is 6.61 Å². The minimum atomic E-state index is -0.489. The van der Waals surface area contributed by atoms with Gasteiger partial charge in [0.1, 0.15) is 6.20 Å². The Balaban J connectivity index is 2.68. The Hall–Kier alpha value is -1.14. The standard InChI is InChI=1S/C8H10N2O3S/c1-6(5-11)14-8-3-2-7(4-9-8)10(12)13/h2-4,6,11H,5H2,1H3. The molecule has 1 heterocycles. The Morgan fingerprint density at radius 1 is 1.71 bits per heavy atom. The van der Waals surface area contributed by atoms with Gasteiger partial charge in [-0.2, -0.15) is 0 Å². The van der Waals surface area contributed by atoms with Gasteiger partial charge < -0.3 is 5.11 Å². The van der Waals surface area contributed by atoms with E-state index in [9.17, 15) is 10.1 Å². The van der Waals surface area contributed by atoms with Crippen molar-refractivity contribution in [2.24, 2.45) is 0 Å². The van der Waals surface area contributed by atoms with E-state index in [-0.39, 0.29) is 17.5 Å². The van der Waals surface area contributed by atoms with E-state index < -0.39 is 4.92 Å². The fourth-order valence-electron chi connectivity index (χ4n) is 0.794. The summed E-state index contributed by atoms with van der Waals surface area (Å²) < 4.78 is 0. The van der Waals surface area contributed by atoms with Crippen LogP contribution in [0.5, 0.6) is 0 Å². The Kier molecular flexibility index (Phi) is 3.84. The highest BCUT2D eigenvalue weighted by Crippen LogP contribution is 2.22. The predicted octanol–water partition coefficient (Wildman–Crippen LogP) is 1.46. The first kappa shape index (κ1) is 10.9. The lowest BCUT2D eigenvalue weighted by Crippen LogP contribution is -2.02. The summed E-state index contributed by atoms with van der Waals surface area (Å²) in [7, 11) is 0. The van der Waals surface area contributed by atoms with Gasteiger partial charge in [0.25, 0.3) is 5.69 Å². The van der Waals surface area contributed by atoms with Gasteiger partial charge in [-0.25, -0.2) is 4.98 Å². The number of rotatable bonds is 4. The highest BCUT2D eigenvalue weighted by atomic mass is 32.2. The fourth-order valence-corrected chi connectivity index (χ4v) is 1.54. The van der Waals surface area contributed by atoms with E-state index in [1.54, 1.807) is 6.07 Å². The molecule has 6 heteroatoms. The molecule has 0 saturated heterocycles. The minimum absolute atomic E-state index is 0.0222. The average molecular weight is 214 g/mol. The molecule has 5 nitrogen and oxygen atoms in total. The lowest BCUT2D eigenvalue weighted by molar-refractivity contribution is -0.385. The van der Waals surface area contributed by atoms with Crippen LogP contribution >= 0.6 is 11.8 Å². The largest absolute Gasteiger partial charge is 0.395 e. The molecule has 0 saturated carbocycles. The van der Waals surface area contributed by atoms with Gasteiger partial charge in [0.2, 0.25) is 0 Å². The van der Waals surface area contributed by atoms with E-state index in [1.165, 1.54) is 24.0 Å². The molecular formula is C8H10N2O3S. The van der Waals surface area contributed by atoms with Crippen molar-refractivity contribution in [3.63, 3.8) is 0 Å². The molecule has 0 aromatic carbocycles. The van der Waals surface area contributed by atoms with Gasteiger partial charge in [0, 0.05) is 11.3 Å². The number of nitrogens with zero attached hydrogens (tertiary/aromatic N) is 2. The molecule has 1 rings (SSSR count). The summed E-state index contributed by atoms with van der Waals surface area (Å²) >= 11 is 1.38. The van der Waals surface area contributed by atoms with Crippen molar-refractivity contribution in [3.8, 4) is 0 Å². The summed E-state index contributed by atoms with van der Waals surface area (Å²) in [6, 6.07) is 2.98. The van der Waals surface area contributed by atoms with Crippen LogP contribution in [0, 0.1) is 10.1 Å². The molecule has 0 aliphatic carbocycles. The van der Waals surface area contributed by atoms with Crippen LogP contribution in [0.3, 0.4) is 0 Å². The average Bonchev–Trinajstić information content (AvgIpc) is 2.18. The smallest absolute Gasteiger partial charge is 0.287 e. The number of pyridine rings is 1. The first-order valence-electron chi connectivity index (χ1n) is 4.01. The molecule has 1 atom stereocenters. The summed E-state index contributed by atoms with van der Waals surface area (Å²) in [5, 5.41) is 19.8. The number of thioether (sulfide) groups is 1. The first-order valence-corrected chi connectivity index (χ1v) is 4.89. The summed E-state index contributed by atoms with van der Waals surface area (Å²) in [6.07, 6.45) is 1.21. The third-order valence-corrected chi connectivity index (χ3v) is 2.55. The minimum Gasteiger partial charge on any atom is -0.395 e. The highest BCUT2D eigenvalue weighted by molar-refractivity contribution is 7.99. The second-order valence-electron chi connectivity index (χ2n) is 2.72. The van der Waals surface area contributed by atoms with Gasteiger partial charge in [0.15, 0.2) is 0 Å². The number of aliphatic hydroxyl groups is 1. The van der Waals surface area contributed by atoms with Crippen molar-refractivity contribution in [1.82, 2.24) is 4.98 Å². The van der Waals surface area contributed by atoms with E-state index >= 15 is 0 Å². The molecule has 0 bridgehead atoms. The molecule has 0 fully saturated rings. The number of hydrogen-bond donors (Lipinski definition) is 1. The van der Waals surface area contributed by atoms with Crippen LogP contribution in [0.25, 0.3) is 0 Å². The Morgan fingerprint density at radius 2 is 2.43 bits per heavy atom. The van der Waals surface area contributed by atoms with E-state index in [1.807, 2.05) is 6.92 Å². The Bertz CT molecular complexity index is 315. The van der Waals surface area contributed by atoms with E-state index in [0.717, 1.165) is 0 Å². The predicted molar refractivity (Wildman–Crippen MR) is 53.3 cm³/mol. The summed E-state index contributed by atoms with van der Waals surface area (Å²) in [6.45, 7) is 1.91. The third kappa shape index (κ3) is 2.97. The maximum atomic E-state index is 10.3. The zero-order chi connectivity index (χ0) is 10.6. The zero-order valence-corrected chi connectivity index (χ0v) is 8.40. The van der Waals surface area contributed by atoms with Crippen molar-refractivity contribution >= 4 is 17.4 Å². The van der Waals surface area contributed by atoms with Gasteiger partial charge in [0.05, 0.1) is 16.6 Å². The Morgan fingerprint density at radius 3 is 2.86 bits per heavy atom. The molecule has 0 aliphatic heterocycles. The van der Waals surface area contributed by atoms with E-state index in [4.69, 9.17) is 5.11 Å². The molecule has 1 N–H and O–H groups in total. The number of aliphatic hydroxyl groups excluding tert-OH is 1. The van der Waals surface area contributed by atoms with Crippen molar-refractivity contribution < 1.29 is 10.0 Å². The highest BCUT2D eigenvalue weighted by Gasteiger charge is 2.07. The molecule has 14 heavy (non-hydrogen) atoms. The summed E-state index contributed by atoms with van der Waals surface area (Å²) in [5.41, 5.74) is -0.0222. The molecule has 1 aromatic heterocycles. The maximum absolute atomic E-state index is 10.3. The zero-order valence-electron chi connectivity index (χ0n) is 7.58. The fraction of sp³-hybridized carbons (Fsp3) is 0.375. The quantitative estimate of drug-likeness (QED) is 0.466. The lowest BCUT2D eigenvalue weighted by Gasteiger charge is -2.05. The molecule has 0 radical (unpaired) electrons. The van der Waals surface area contributed by atoms with Crippen molar-refractivity contribution in [1.29, 1.82) is 0 Å². The van der Waals surface area contributed by atoms with Gasteiger partial charge in [-0.1, -0.05) is 6.92 Å². The van der Waals surface area contributed by atoms with Gasteiger partial charge in [-0.3, -0.25) is 10.1 Å². The van der Waals surface area contributed by atoms with Crippen molar-refractivity contribution in [3.05, 3.63) is 28.4 Å². The first-order chi connectivity index (χ1) is 6.63. The number of aromatic nitrogens is 1. The molecule has 0 amide bonds. The number of nitro groups is 1.